The van der Waals surface area contributed by atoms with Gasteiger partial charge in [0.25, 0.3) is 0 Å². The van der Waals surface area contributed by atoms with Crippen molar-refractivity contribution >= 4 is 34.0 Å². The Kier molecular flexibility index (Phi) is 6.66. The summed E-state index contributed by atoms with van der Waals surface area (Å²) in [6.45, 7) is 9.71. The fourth-order valence-corrected chi connectivity index (χ4v) is 5.33. The van der Waals surface area contributed by atoms with Crippen molar-refractivity contribution in [2.45, 2.75) is 13.8 Å². The first-order valence-electron chi connectivity index (χ1n) is 13.3. The fourth-order valence-electron chi connectivity index (χ4n) is 5.33. The number of rotatable bonds is 6. The van der Waals surface area contributed by atoms with Crippen LogP contribution in [0.15, 0.2) is 67.6 Å². The van der Waals surface area contributed by atoms with Crippen LogP contribution < -0.4 is 15.4 Å². The van der Waals surface area contributed by atoms with Crippen LogP contribution in [0.2, 0.25) is 0 Å². The summed E-state index contributed by atoms with van der Waals surface area (Å²) in [7, 11) is 2.15. The third-order valence-electron chi connectivity index (χ3n) is 7.52. The molecule has 2 aromatic heterocycles. The number of likely N-dealkylation sites (tertiary alicyclic amines) is 1. The number of fused-ring (bicyclic) bond motifs is 2. The normalized spacial score (nSPS) is 19.3. The van der Waals surface area contributed by atoms with Crippen molar-refractivity contribution < 1.29 is 9.53 Å². The van der Waals surface area contributed by atoms with Gasteiger partial charge in [-0.25, -0.2) is 9.97 Å². The molecule has 200 valence electrons. The van der Waals surface area contributed by atoms with Crippen molar-refractivity contribution in [1.29, 1.82) is 0 Å². The van der Waals surface area contributed by atoms with E-state index in [0.29, 0.717) is 35.0 Å². The largest absolute Gasteiger partial charge is 0.455 e. The van der Waals surface area contributed by atoms with E-state index in [-0.39, 0.29) is 5.91 Å². The number of nitrogens with zero attached hydrogens (tertiary/aromatic N) is 4. The van der Waals surface area contributed by atoms with Gasteiger partial charge in [0.05, 0.1) is 23.0 Å². The van der Waals surface area contributed by atoms with Gasteiger partial charge in [-0.1, -0.05) is 18.4 Å². The number of amides is 1. The number of hydrogen-bond acceptors (Lipinski definition) is 7. The van der Waals surface area contributed by atoms with Gasteiger partial charge in [0.15, 0.2) is 0 Å². The van der Waals surface area contributed by atoms with E-state index in [1.165, 1.54) is 12.4 Å². The van der Waals surface area contributed by atoms with E-state index >= 15 is 0 Å². The first-order chi connectivity index (χ1) is 19.4. The second kappa shape index (κ2) is 10.4. The molecule has 2 N–H and O–H groups in total. The van der Waals surface area contributed by atoms with Gasteiger partial charge >= 0.3 is 0 Å². The molecule has 1 aliphatic carbocycles. The summed E-state index contributed by atoms with van der Waals surface area (Å²) in [5.41, 5.74) is 4.81. The molecular formula is C32H30N6O2. The topological polar surface area (TPSA) is 92.3 Å². The minimum absolute atomic E-state index is 0.298. The van der Waals surface area contributed by atoms with Gasteiger partial charge in [-0.15, -0.1) is 0 Å². The molecule has 3 atom stereocenters. The maximum Gasteiger partial charge on any atom is 0.247 e. The molecule has 2 fully saturated rings. The van der Waals surface area contributed by atoms with Gasteiger partial charge in [0.2, 0.25) is 5.91 Å². The molecule has 1 amide bonds. The number of nitrogens with one attached hydrogen (secondary N) is 2. The zero-order valence-corrected chi connectivity index (χ0v) is 22.7. The highest BCUT2D eigenvalue weighted by Gasteiger charge is 2.53. The van der Waals surface area contributed by atoms with Crippen LogP contribution in [0.25, 0.3) is 10.9 Å². The molecule has 2 aliphatic rings. The highest BCUT2D eigenvalue weighted by molar-refractivity contribution is 6.03. The van der Waals surface area contributed by atoms with Gasteiger partial charge in [0, 0.05) is 35.8 Å². The lowest BCUT2D eigenvalue weighted by atomic mass is 10.1. The molecule has 2 aromatic carbocycles. The summed E-state index contributed by atoms with van der Waals surface area (Å²) in [6.07, 6.45) is 4.49. The summed E-state index contributed by atoms with van der Waals surface area (Å²) in [5.74, 6) is 10.2. The number of carbonyl (C=O) groups excluding carboxylic acids is 1. The van der Waals surface area contributed by atoms with Crippen molar-refractivity contribution in [3.63, 3.8) is 0 Å². The average Bonchev–Trinajstić information content (AvgIpc) is 3.41. The quantitative estimate of drug-likeness (QED) is 0.253. The number of aromatic nitrogens is 3. The molecule has 0 unspecified atom stereocenters. The number of ether oxygens (including phenoxy) is 1. The Hall–Kier alpha value is -4.74. The molecule has 1 saturated heterocycles. The van der Waals surface area contributed by atoms with Crippen molar-refractivity contribution in [3.05, 3.63) is 84.5 Å². The van der Waals surface area contributed by atoms with E-state index in [1.54, 1.807) is 6.20 Å². The van der Waals surface area contributed by atoms with Crippen molar-refractivity contribution in [2.24, 2.45) is 17.8 Å². The van der Waals surface area contributed by atoms with Crippen LogP contribution in [0.5, 0.6) is 11.5 Å². The lowest BCUT2D eigenvalue weighted by molar-refractivity contribution is -0.111. The van der Waals surface area contributed by atoms with E-state index in [0.717, 1.165) is 52.3 Å². The number of hydrogen-bond donors (Lipinski definition) is 2. The van der Waals surface area contributed by atoms with Gasteiger partial charge in [-0.2, -0.15) is 0 Å². The molecular weight excluding hydrogens is 500 g/mol. The fraction of sp³-hybridized carbons (Fsp3) is 0.250. The van der Waals surface area contributed by atoms with Gasteiger partial charge < -0.3 is 20.3 Å². The Morgan fingerprint density at radius 1 is 1.10 bits per heavy atom. The van der Waals surface area contributed by atoms with Crippen LogP contribution in [-0.4, -0.2) is 45.9 Å². The molecule has 1 aliphatic heterocycles. The molecule has 3 heterocycles. The van der Waals surface area contributed by atoms with Crippen LogP contribution in [0.3, 0.4) is 0 Å². The van der Waals surface area contributed by atoms with Gasteiger partial charge in [-0.05, 0) is 86.8 Å². The molecule has 4 aromatic rings. The highest BCUT2D eigenvalue weighted by Crippen LogP contribution is 2.50. The zero-order valence-electron chi connectivity index (χ0n) is 22.7. The first-order valence-corrected chi connectivity index (χ1v) is 13.3. The lowest BCUT2D eigenvalue weighted by Crippen LogP contribution is -2.18. The average molecular weight is 531 g/mol. The highest BCUT2D eigenvalue weighted by atomic mass is 16.5. The monoisotopic (exact) mass is 530 g/mol. The van der Waals surface area contributed by atoms with Crippen LogP contribution in [-0.2, 0) is 4.79 Å². The Morgan fingerprint density at radius 2 is 1.93 bits per heavy atom. The van der Waals surface area contributed by atoms with E-state index in [4.69, 9.17) is 4.74 Å². The van der Waals surface area contributed by atoms with E-state index in [9.17, 15) is 4.79 Å². The maximum atomic E-state index is 12.3. The second-order valence-corrected chi connectivity index (χ2v) is 10.5. The van der Waals surface area contributed by atoms with Crippen molar-refractivity contribution in [3.8, 4) is 23.3 Å². The number of carbonyl (C=O) groups is 1. The Bertz CT molecular complexity index is 1680. The summed E-state index contributed by atoms with van der Waals surface area (Å²) >= 11 is 0. The maximum absolute atomic E-state index is 12.3. The Morgan fingerprint density at radius 3 is 2.65 bits per heavy atom. The molecule has 6 rings (SSSR count). The van der Waals surface area contributed by atoms with E-state index < -0.39 is 0 Å². The smallest absolute Gasteiger partial charge is 0.247 e. The van der Waals surface area contributed by atoms with Crippen LogP contribution >= 0.6 is 0 Å². The van der Waals surface area contributed by atoms with Crippen LogP contribution in [0.1, 0.15) is 16.8 Å². The Balaban J connectivity index is 1.28. The van der Waals surface area contributed by atoms with Gasteiger partial charge in [-0.3, -0.25) is 9.78 Å². The number of piperidine rings is 1. The number of aryl methyl sites for hydroxylation is 2. The summed E-state index contributed by atoms with van der Waals surface area (Å²) in [4.78, 5) is 27.9. The predicted molar refractivity (Wildman–Crippen MR) is 157 cm³/mol. The van der Waals surface area contributed by atoms with Crippen molar-refractivity contribution in [2.75, 3.05) is 30.8 Å². The minimum atomic E-state index is -0.298. The number of anilines is 3. The molecule has 0 bridgehead atoms. The SMILES string of the molecule is C=CC(=O)Nc1cc2c(Nc3ccc(Oc4ccc(C)nc4)c(C)c3)ncnc2cc1C#C[C@H]1[C@H]2CN(C)C[C@@H]12. The standard InChI is InChI=1S/C32H30N6O2/c1-5-31(39)37-28-14-25-29(13-21(28)7-10-24-26-16-38(4)17-27(24)26)34-18-35-32(25)36-22-8-11-30(19(2)12-22)40-23-9-6-20(3)33-15-23/h5-6,8-9,11-15,18,24,26-27H,1,16-17H2,2-4H3,(H,37,39)(H,34,35,36)/t24-,26+,27-. The molecule has 1 saturated carbocycles. The first kappa shape index (κ1) is 25.5. The molecule has 0 spiro atoms. The number of pyridine rings is 1. The summed E-state index contributed by atoms with van der Waals surface area (Å²) < 4.78 is 6.01. The van der Waals surface area contributed by atoms with Crippen LogP contribution in [0.4, 0.5) is 17.2 Å². The molecule has 8 nitrogen and oxygen atoms in total. The Labute approximate surface area is 233 Å². The molecule has 0 radical (unpaired) electrons. The minimum Gasteiger partial charge on any atom is -0.455 e. The van der Waals surface area contributed by atoms with Gasteiger partial charge in [0.1, 0.15) is 23.6 Å². The summed E-state index contributed by atoms with van der Waals surface area (Å²) in [5, 5.41) is 7.08. The molecule has 40 heavy (non-hydrogen) atoms. The van der Waals surface area contributed by atoms with E-state index in [2.05, 4.69) is 56.0 Å². The van der Waals surface area contributed by atoms with Crippen LogP contribution in [0, 0.1) is 43.4 Å². The number of benzene rings is 2. The van der Waals surface area contributed by atoms with Crippen molar-refractivity contribution in [1.82, 2.24) is 19.9 Å². The van der Waals surface area contributed by atoms with E-state index in [1.807, 2.05) is 56.3 Å². The summed E-state index contributed by atoms with van der Waals surface area (Å²) in [6, 6.07) is 13.4. The third kappa shape index (κ3) is 5.24. The predicted octanol–water partition coefficient (Wildman–Crippen LogP) is 5.46. The third-order valence-corrected chi connectivity index (χ3v) is 7.52. The second-order valence-electron chi connectivity index (χ2n) is 10.5. The molecule has 8 heteroatoms. The lowest BCUT2D eigenvalue weighted by Gasteiger charge is -2.14. The zero-order chi connectivity index (χ0) is 27.8.